The first-order chi connectivity index (χ1) is 5.65. The standard InChI is InChI=1S/C8H7FN2O/c9-7-3-5(12)1-2-6(7)8(11)4-10/h1-3,8,12H,11H2/t8-/m0/s1. The average Bonchev–Trinajstić information content (AvgIpc) is 2.03. The third kappa shape index (κ3) is 1.52. The molecule has 0 spiro atoms. The van der Waals surface area contributed by atoms with Crippen LogP contribution in [0.1, 0.15) is 11.6 Å². The molecule has 0 heterocycles. The molecule has 1 rings (SSSR count). The molecule has 0 fully saturated rings. The molecule has 0 radical (unpaired) electrons. The molecule has 1 aromatic rings. The summed E-state index contributed by atoms with van der Waals surface area (Å²) in [6.07, 6.45) is 0. The van der Waals surface area contributed by atoms with Gasteiger partial charge >= 0.3 is 0 Å². The van der Waals surface area contributed by atoms with Crippen molar-refractivity contribution in [3.8, 4) is 11.8 Å². The Kier molecular flexibility index (Phi) is 2.26. The fraction of sp³-hybridized carbons (Fsp3) is 0.125. The second-order valence-corrected chi connectivity index (χ2v) is 2.31. The van der Waals surface area contributed by atoms with Crippen LogP contribution in [-0.2, 0) is 0 Å². The van der Waals surface area contributed by atoms with Gasteiger partial charge in [-0.3, -0.25) is 0 Å². The van der Waals surface area contributed by atoms with E-state index in [0.29, 0.717) is 0 Å². The average molecular weight is 166 g/mol. The number of aromatic hydroxyl groups is 1. The number of halogens is 1. The number of phenolic OH excluding ortho intramolecular Hbond substituents is 1. The van der Waals surface area contributed by atoms with Gasteiger partial charge in [0.15, 0.2) is 0 Å². The number of nitrogens with two attached hydrogens (primary N) is 1. The van der Waals surface area contributed by atoms with Gasteiger partial charge in [0.05, 0.1) is 6.07 Å². The summed E-state index contributed by atoms with van der Waals surface area (Å²) >= 11 is 0. The molecular weight excluding hydrogens is 159 g/mol. The zero-order valence-corrected chi connectivity index (χ0v) is 6.16. The molecule has 3 nitrogen and oxygen atoms in total. The molecule has 0 amide bonds. The molecule has 0 bridgehead atoms. The molecule has 0 aliphatic heterocycles. The van der Waals surface area contributed by atoms with E-state index >= 15 is 0 Å². The smallest absolute Gasteiger partial charge is 0.132 e. The van der Waals surface area contributed by atoms with Crippen molar-refractivity contribution in [3.05, 3.63) is 29.6 Å². The van der Waals surface area contributed by atoms with Crippen molar-refractivity contribution >= 4 is 0 Å². The van der Waals surface area contributed by atoms with Crippen LogP contribution in [0.15, 0.2) is 18.2 Å². The van der Waals surface area contributed by atoms with Crippen molar-refractivity contribution in [2.45, 2.75) is 6.04 Å². The molecule has 1 atom stereocenters. The highest BCUT2D eigenvalue weighted by Crippen LogP contribution is 2.18. The second kappa shape index (κ2) is 3.20. The highest BCUT2D eigenvalue weighted by atomic mass is 19.1. The Balaban J connectivity index is 3.11. The monoisotopic (exact) mass is 166 g/mol. The van der Waals surface area contributed by atoms with E-state index in [-0.39, 0.29) is 11.3 Å². The zero-order chi connectivity index (χ0) is 9.14. The fourth-order valence-corrected chi connectivity index (χ4v) is 0.838. The summed E-state index contributed by atoms with van der Waals surface area (Å²) < 4.78 is 12.9. The first-order valence-corrected chi connectivity index (χ1v) is 3.28. The van der Waals surface area contributed by atoms with Crippen molar-refractivity contribution < 1.29 is 9.50 Å². The largest absolute Gasteiger partial charge is 0.508 e. The predicted octanol–water partition coefficient (Wildman–Crippen LogP) is 1.05. The molecule has 12 heavy (non-hydrogen) atoms. The summed E-state index contributed by atoms with van der Waals surface area (Å²) in [6, 6.07) is 4.22. The summed E-state index contributed by atoms with van der Waals surface area (Å²) in [5.74, 6) is -0.842. The van der Waals surface area contributed by atoms with E-state index in [9.17, 15) is 4.39 Å². The van der Waals surface area contributed by atoms with Crippen LogP contribution in [0.4, 0.5) is 4.39 Å². The maximum atomic E-state index is 12.9. The van der Waals surface area contributed by atoms with Gasteiger partial charge < -0.3 is 10.8 Å². The third-order valence-corrected chi connectivity index (χ3v) is 1.46. The number of nitriles is 1. The van der Waals surface area contributed by atoms with Crippen LogP contribution in [0.25, 0.3) is 0 Å². The zero-order valence-electron chi connectivity index (χ0n) is 6.16. The lowest BCUT2D eigenvalue weighted by atomic mass is 10.1. The summed E-state index contributed by atoms with van der Waals surface area (Å²) in [7, 11) is 0. The van der Waals surface area contributed by atoms with Crippen LogP contribution < -0.4 is 5.73 Å². The highest BCUT2D eigenvalue weighted by Gasteiger charge is 2.10. The quantitative estimate of drug-likeness (QED) is 0.655. The maximum absolute atomic E-state index is 12.9. The molecule has 1 aromatic carbocycles. The minimum absolute atomic E-state index is 0.0929. The molecule has 0 aliphatic rings. The molecule has 0 saturated carbocycles. The van der Waals surface area contributed by atoms with Crippen LogP contribution in [-0.4, -0.2) is 5.11 Å². The lowest BCUT2D eigenvalue weighted by Crippen LogP contribution is -2.08. The molecule has 0 aromatic heterocycles. The predicted molar refractivity (Wildman–Crippen MR) is 40.6 cm³/mol. The Morgan fingerprint density at radius 2 is 2.25 bits per heavy atom. The second-order valence-electron chi connectivity index (χ2n) is 2.31. The van der Waals surface area contributed by atoms with Crippen LogP contribution in [0, 0.1) is 17.1 Å². The summed E-state index contributed by atoms with van der Waals surface area (Å²) in [4.78, 5) is 0. The van der Waals surface area contributed by atoms with Gasteiger partial charge in [0.25, 0.3) is 0 Å². The highest BCUT2D eigenvalue weighted by molar-refractivity contribution is 5.31. The van der Waals surface area contributed by atoms with Crippen molar-refractivity contribution in [2.24, 2.45) is 5.73 Å². The van der Waals surface area contributed by atoms with E-state index in [0.717, 1.165) is 6.07 Å². The Morgan fingerprint density at radius 1 is 1.58 bits per heavy atom. The molecule has 3 N–H and O–H groups in total. The van der Waals surface area contributed by atoms with Crippen LogP contribution in [0.2, 0.25) is 0 Å². The first kappa shape index (κ1) is 8.50. The van der Waals surface area contributed by atoms with E-state index in [4.69, 9.17) is 16.1 Å². The van der Waals surface area contributed by atoms with Gasteiger partial charge in [-0.1, -0.05) is 0 Å². The number of phenols is 1. The van der Waals surface area contributed by atoms with Crippen molar-refractivity contribution in [1.29, 1.82) is 5.26 Å². The van der Waals surface area contributed by atoms with Crippen molar-refractivity contribution in [2.75, 3.05) is 0 Å². The third-order valence-electron chi connectivity index (χ3n) is 1.46. The molecule has 62 valence electrons. The molecule has 0 unspecified atom stereocenters. The van der Waals surface area contributed by atoms with Gasteiger partial charge in [0, 0.05) is 11.6 Å². The van der Waals surface area contributed by atoms with Crippen LogP contribution >= 0.6 is 0 Å². The SMILES string of the molecule is N#C[C@H](N)c1ccc(O)cc1F. The summed E-state index contributed by atoms with van der Waals surface area (Å²) in [5.41, 5.74) is 5.36. The van der Waals surface area contributed by atoms with E-state index in [1.165, 1.54) is 12.1 Å². The van der Waals surface area contributed by atoms with Gasteiger partial charge in [0.1, 0.15) is 17.6 Å². The Morgan fingerprint density at radius 3 is 2.75 bits per heavy atom. The number of benzene rings is 1. The van der Waals surface area contributed by atoms with Gasteiger partial charge in [-0.2, -0.15) is 5.26 Å². The van der Waals surface area contributed by atoms with Crippen LogP contribution in [0.5, 0.6) is 5.75 Å². The fourth-order valence-electron chi connectivity index (χ4n) is 0.838. The molecule has 0 aliphatic carbocycles. The van der Waals surface area contributed by atoms with Crippen molar-refractivity contribution in [3.63, 3.8) is 0 Å². The molecule has 0 saturated heterocycles. The van der Waals surface area contributed by atoms with E-state index in [2.05, 4.69) is 0 Å². The van der Waals surface area contributed by atoms with Crippen LogP contribution in [0.3, 0.4) is 0 Å². The van der Waals surface area contributed by atoms with Gasteiger partial charge in [0.2, 0.25) is 0 Å². The van der Waals surface area contributed by atoms with E-state index in [1.54, 1.807) is 6.07 Å². The lowest BCUT2D eigenvalue weighted by Gasteiger charge is -2.03. The van der Waals surface area contributed by atoms with Gasteiger partial charge in [-0.05, 0) is 12.1 Å². The van der Waals surface area contributed by atoms with Crippen molar-refractivity contribution in [1.82, 2.24) is 0 Å². The Bertz CT molecular complexity index is 332. The lowest BCUT2D eigenvalue weighted by molar-refractivity contribution is 0.467. The van der Waals surface area contributed by atoms with E-state index in [1.807, 2.05) is 0 Å². The number of hydrogen-bond acceptors (Lipinski definition) is 3. The number of hydrogen-bond donors (Lipinski definition) is 2. The van der Waals surface area contributed by atoms with E-state index < -0.39 is 11.9 Å². The first-order valence-electron chi connectivity index (χ1n) is 3.28. The van der Waals surface area contributed by atoms with Gasteiger partial charge in [-0.15, -0.1) is 0 Å². The van der Waals surface area contributed by atoms with Gasteiger partial charge in [-0.25, -0.2) is 4.39 Å². The maximum Gasteiger partial charge on any atom is 0.132 e. The number of nitrogens with zero attached hydrogens (tertiary/aromatic N) is 1. The topological polar surface area (TPSA) is 70.0 Å². The summed E-state index contributed by atoms with van der Waals surface area (Å²) in [6.45, 7) is 0. The summed E-state index contributed by atoms with van der Waals surface area (Å²) in [5, 5.41) is 17.2. The normalized spacial score (nSPS) is 12.1. The Hall–Kier alpha value is -1.60. The minimum Gasteiger partial charge on any atom is -0.508 e. The minimum atomic E-state index is -0.981. The molecule has 4 heteroatoms. The Labute approximate surface area is 68.9 Å². The molecular formula is C8H7FN2O. The number of rotatable bonds is 1.